The first-order chi connectivity index (χ1) is 10.7. The first kappa shape index (κ1) is 17.5. The minimum Gasteiger partial charge on any atom is -0.0934 e. The highest BCUT2D eigenvalue weighted by Crippen LogP contribution is 2.29. The van der Waals surface area contributed by atoms with E-state index in [0.717, 1.165) is 5.56 Å². The number of rotatable bonds is 9. The van der Waals surface area contributed by atoms with Crippen molar-refractivity contribution in [3.63, 3.8) is 0 Å². The number of benzene rings is 1. The Bertz CT molecular complexity index is 589. The SMILES string of the molecule is [N-]=[N+]=NCC(CCc1ccccc1Cl)(CN=[N+]=[N-])CN=[N+]=[N-]. The molecule has 1 aromatic carbocycles. The van der Waals surface area contributed by atoms with Crippen molar-refractivity contribution >= 4 is 11.6 Å². The zero-order valence-electron chi connectivity index (χ0n) is 11.7. The fraction of sp³-hybridized carbons (Fsp3) is 0.500. The standard InChI is InChI=1S/C12H14ClN9/c13-11-4-2-1-3-10(11)5-6-12(7-17-20-14,8-18-21-15)9-19-22-16/h1-4H,5-9H2. The maximum atomic E-state index is 8.54. The first-order valence-corrected chi connectivity index (χ1v) is 6.81. The van der Waals surface area contributed by atoms with Crippen molar-refractivity contribution in [2.24, 2.45) is 20.8 Å². The summed E-state index contributed by atoms with van der Waals surface area (Å²) in [4.78, 5) is 8.22. The topological polar surface area (TPSA) is 146 Å². The quantitative estimate of drug-likeness (QED) is 0.335. The summed E-state index contributed by atoms with van der Waals surface area (Å²) in [5, 5.41) is 11.3. The van der Waals surface area contributed by atoms with Gasteiger partial charge in [-0.3, -0.25) is 0 Å². The number of azide groups is 3. The van der Waals surface area contributed by atoms with Crippen LogP contribution in [0.2, 0.25) is 5.02 Å². The Morgan fingerprint density at radius 2 is 1.41 bits per heavy atom. The molecule has 0 N–H and O–H groups in total. The van der Waals surface area contributed by atoms with Crippen LogP contribution in [-0.2, 0) is 6.42 Å². The highest BCUT2D eigenvalue weighted by molar-refractivity contribution is 6.31. The normalized spacial score (nSPS) is 12.2. The van der Waals surface area contributed by atoms with E-state index in [9.17, 15) is 0 Å². The summed E-state index contributed by atoms with van der Waals surface area (Å²) in [6.45, 7) is 0.226. The van der Waals surface area contributed by atoms with Crippen LogP contribution in [0.1, 0.15) is 12.0 Å². The van der Waals surface area contributed by atoms with E-state index in [1.165, 1.54) is 0 Å². The van der Waals surface area contributed by atoms with Crippen LogP contribution in [0.15, 0.2) is 39.6 Å². The molecule has 114 valence electrons. The number of nitrogens with zero attached hydrogens (tertiary/aromatic N) is 9. The Morgan fingerprint density at radius 3 is 1.86 bits per heavy atom. The van der Waals surface area contributed by atoms with Crippen LogP contribution < -0.4 is 0 Å². The van der Waals surface area contributed by atoms with E-state index < -0.39 is 5.41 Å². The van der Waals surface area contributed by atoms with Gasteiger partial charge in [-0.25, -0.2) is 0 Å². The zero-order chi connectivity index (χ0) is 16.3. The van der Waals surface area contributed by atoms with Crippen LogP contribution in [0.25, 0.3) is 31.3 Å². The summed E-state index contributed by atoms with van der Waals surface area (Å²) < 4.78 is 0. The molecule has 0 aromatic heterocycles. The molecule has 0 amide bonds. The first-order valence-electron chi connectivity index (χ1n) is 6.43. The van der Waals surface area contributed by atoms with Crippen molar-refractivity contribution < 1.29 is 0 Å². The summed E-state index contributed by atoms with van der Waals surface area (Å²) >= 11 is 6.12. The predicted molar refractivity (Wildman–Crippen MR) is 84.2 cm³/mol. The lowest BCUT2D eigenvalue weighted by Crippen LogP contribution is -2.32. The van der Waals surface area contributed by atoms with E-state index in [0.29, 0.717) is 17.9 Å². The fourth-order valence-electron chi connectivity index (χ4n) is 2.03. The lowest BCUT2D eigenvalue weighted by Gasteiger charge is -2.29. The second-order valence-corrected chi connectivity index (χ2v) is 5.17. The molecular formula is C12H14ClN9. The molecule has 0 heterocycles. The third-order valence-corrected chi connectivity index (χ3v) is 3.66. The van der Waals surface area contributed by atoms with Crippen LogP contribution >= 0.6 is 11.6 Å². The summed E-state index contributed by atoms with van der Waals surface area (Å²) in [5.74, 6) is 0. The Labute approximate surface area is 131 Å². The molecule has 9 nitrogen and oxygen atoms in total. The maximum Gasteiger partial charge on any atom is 0.0437 e. The number of halogens is 1. The molecule has 10 heteroatoms. The molecule has 0 spiro atoms. The second-order valence-electron chi connectivity index (χ2n) is 4.76. The smallest absolute Gasteiger partial charge is 0.0437 e. The van der Waals surface area contributed by atoms with E-state index in [1.54, 1.807) is 6.07 Å². The van der Waals surface area contributed by atoms with Crippen molar-refractivity contribution in [1.82, 2.24) is 0 Å². The van der Waals surface area contributed by atoms with Gasteiger partial charge in [0.2, 0.25) is 0 Å². The van der Waals surface area contributed by atoms with E-state index >= 15 is 0 Å². The maximum absolute atomic E-state index is 8.54. The van der Waals surface area contributed by atoms with E-state index in [4.69, 9.17) is 28.2 Å². The molecule has 0 aliphatic heterocycles. The molecule has 0 aliphatic carbocycles. The van der Waals surface area contributed by atoms with Crippen LogP contribution in [0.4, 0.5) is 0 Å². The van der Waals surface area contributed by atoms with Gasteiger partial charge in [0.05, 0.1) is 0 Å². The summed E-state index contributed by atoms with van der Waals surface area (Å²) in [5.41, 5.74) is 25.8. The largest absolute Gasteiger partial charge is 0.0934 e. The molecule has 0 bridgehead atoms. The molecule has 0 radical (unpaired) electrons. The Kier molecular flexibility index (Phi) is 7.47. The van der Waals surface area contributed by atoms with Gasteiger partial charge in [0.25, 0.3) is 0 Å². The van der Waals surface area contributed by atoms with Gasteiger partial charge in [0.1, 0.15) is 0 Å². The highest BCUT2D eigenvalue weighted by atomic mass is 35.5. The van der Waals surface area contributed by atoms with Crippen LogP contribution in [0.5, 0.6) is 0 Å². The molecule has 1 aromatic rings. The second kappa shape index (κ2) is 9.39. The van der Waals surface area contributed by atoms with Gasteiger partial charge in [-0.1, -0.05) is 45.1 Å². The molecule has 0 saturated heterocycles. The van der Waals surface area contributed by atoms with Crippen molar-refractivity contribution in [1.29, 1.82) is 0 Å². The Balaban J connectivity index is 2.99. The monoisotopic (exact) mass is 319 g/mol. The Hall–Kier alpha value is -2.56. The third-order valence-electron chi connectivity index (χ3n) is 3.29. The Morgan fingerprint density at radius 1 is 0.909 bits per heavy atom. The van der Waals surface area contributed by atoms with Gasteiger partial charge in [0, 0.05) is 39.4 Å². The number of hydrogen-bond acceptors (Lipinski definition) is 3. The average molecular weight is 320 g/mol. The van der Waals surface area contributed by atoms with Crippen LogP contribution in [-0.4, -0.2) is 19.6 Å². The predicted octanol–water partition coefficient (Wildman–Crippen LogP) is 5.19. The number of aryl methyl sites for hydroxylation is 1. The molecule has 0 saturated carbocycles. The molecule has 0 fully saturated rings. The summed E-state index contributed by atoms with van der Waals surface area (Å²) in [6, 6.07) is 7.38. The van der Waals surface area contributed by atoms with Crippen molar-refractivity contribution in [3.05, 3.63) is 66.2 Å². The number of hydrogen-bond donors (Lipinski definition) is 0. The van der Waals surface area contributed by atoms with Gasteiger partial charge in [-0.05, 0) is 46.5 Å². The average Bonchev–Trinajstić information content (AvgIpc) is 2.55. The van der Waals surface area contributed by atoms with E-state index in [-0.39, 0.29) is 19.6 Å². The van der Waals surface area contributed by atoms with Crippen molar-refractivity contribution in [2.75, 3.05) is 19.6 Å². The van der Waals surface area contributed by atoms with Crippen molar-refractivity contribution in [3.8, 4) is 0 Å². The van der Waals surface area contributed by atoms with E-state index in [2.05, 4.69) is 30.1 Å². The molecule has 22 heavy (non-hydrogen) atoms. The van der Waals surface area contributed by atoms with Crippen LogP contribution in [0.3, 0.4) is 0 Å². The lowest BCUT2D eigenvalue weighted by molar-refractivity contribution is 0.295. The van der Waals surface area contributed by atoms with Gasteiger partial charge in [-0.2, -0.15) is 0 Å². The molecule has 0 atom stereocenters. The summed E-state index contributed by atoms with van der Waals surface area (Å²) in [6.07, 6.45) is 1.09. The van der Waals surface area contributed by atoms with Gasteiger partial charge < -0.3 is 0 Å². The minimum absolute atomic E-state index is 0.0754. The van der Waals surface area contributed by atoms with Gasteiger partial charge >= 0.3 is 0 Å². The lowest BCUT2D eigenvalue weighted by atomic mass is 9.82. The minimum atomic E-state index is -0.718. The molecular weight excluding hydrogens is 306 g/mol. The highest BCUT2D eigenvalue weighted by Gasteiger charge is 2.28. The molecule has 0 aliphatic rings. The van der Waals surface area contributed by atoms with Gasteiger partial charge in [-0.15, -0.1) is 0 Å². The fourth-order valence-corrected chi connectivity index (χ4v) is 2.26. The van der Waals surface area contributed by atoms with Crippen LogP contribution in [0, 0.1) is 5.41 Å². The van der Waals surface area contributed by atoms with Gasteiger partial charge in [0.15, 0.2) is 0 Å². The molecule has 0 unspecified atom stereocenters. The third kappa shape index (κ3) is 5.44. The van der Waals surface area contributed by atoms with Crippen molar-refractivity contribution in [2.45, 2.75) is 12.8 Å². The zero-order valence-corrected chi connectivity index (χ0v) is 12.5. The summed E-state index contributed by atoms with van der Waals surface area (Å²) in [7, 11) is 0. The molecule has 1 rings (SSSR count). The van der Waals surface area contributed by atoms with E-state index in [1.807, 2.05) is 18.2 Å².